The maximum Gasteiger partial charge on any atom is 0.333 e. The summed E-state index contributed by atoms with van der Waals surface area (Å²) in [6, 6.07) is 12.0. The predicted molar refractivity (Wildman–Crippen MR) is 119 cm³/mol. The van der Waals surface area contributed by atoms with Crippen LogP contribution in [0.3, 0.4) is 0 Å². The molecular weight excluding hydrogens is 448 g/mol. The van der Waals surface area contributed by atoms with Crippen LogP contribution in [0.2, 0.25) is 0 Å². The molecule has 2 aromatic heterocycles. The Bertz CT molecular complexity index is 1540. The highest BCUT2D eigenvalue weighted by Gasteiger charge is 2.17. The van der Waals surface area contributed by atoms with Crippen molar-refractivity contribution in [2.75, 3.05) is 6.54 Å². The molecule has 4 aromatic rings. The van der Waals surface area contributed by atoms with Crippen molar-refractivity contribution in [2.45, 2.75) is 6.54 Å². The van der Waals surface area contributed by atoms with Crippen molar-refractivity contribution in [1.29, 1.82) is 0 Å². The number of hydrogen-bond acceptors (Lipinski definition) is 5. The first-order chi connectivity index (χ1) is 16.3. The van der Waals surface area contributed by atoms with E-state index in [1.165, 1.54) is 59.4 Å². The van der Waals surface area contributed by atoms with E-state index < -0.39 is 39.9 Å². The van der Waals surface area contributed by atoms with Gasteiger partial charge >= 0.3 is 5.69 Å². The molecule has 0 saturated heterocycles. The number of carbonyl (C=O) groups is 1. The molecule has 2 heterocycles. The fraction of sp³-hybridized carbons (Fsp3) is 0.0870. The average molecular weight is 465 g/mol. The Labute approximate surface area is 190 Å². The zero-order valence-electron chi connectivity index (χ0n) is 17.5. The maximum atomic E-state index is 14.1. The normalized spacial score (nSPS) is 10.8. The van der Waals surface area contributed by atoms with Gasteiger partial charge in [-0.15, -0.1) is 0 Å². The van der Waals surface area contributed by atoms with Crippen LogP contribution in [0.25, 0.3) is 16.9 Å². The van der Waals surface area contributed by atoms with Crippen LogP contribution in [-0.4, -0.2) is 31.6 Å². The Balaban J connectivity index is 1.48. The minimum absolute atomic E-state index is 0.0332. The van der Waals surface area contributed by atoms with Gasteiger partial charge in [0.1, 0.15) is 17.2 Å². The van der Waals surface area contributed by atoms with Gasteiger partial charge in [0.25, 0.3) is 17.0 Å². The van der Waals surface area contributed by atoms with E-state index in [0.29, 0.717) is 15.8 Å². The van der Waals surface area contributed by atoms with E-state index in [2.05, 4.69) is 15.3 Å². The third kappa shape index (κ3) is 4.58. The fourth-order valence-corrected chi connectivity index (χ4v) is 3.24. The lowest BCUT2D eigenvalue weighted by Gasteiger charge is -2.10. The van der Waals surface area contributed by atoms with Crippen LogP contribution in [0.1, 0.15) is 10.4 Å². The number of nitrogens with one attached hydrogen (secondary N) is 2. The summed E-state index contributed by atoms with van der Waals surface area (Å²) < 4.78 is 28.9. The molecular formula is C23H17F2N5O4. The Kier molecular flexibility index (Phi) is 6.26. The topological polar surface area (TPSA) is 119 Å². The molecule has 0 aliphatic carbocycles. The number of amides is 1. The Morgan fingerprint density at radius 1 is 1.03 bits per heavy atom. The minimum Gasteiger partial charge on any atom is -0.350 e. The quantitative estimate of drug-likeness (QED) is 0.447. The number of rotatable bonds is 6. The van der Waals surface area contributed by atoms with Crippen LogP contribution in [0.5, 0.6) is 0 Å². The van der Waals surface area contributed by atoms with Gasteiger partial charge in [0.15, 0.2) is 0 Å². The monoisotopic (exact) mass is 465 g/mol. The number of hydrogen-bond donors (Lipinski definition) is 2. The van der Waals surface area contributed by atoms with Crippen LogP contribution >= 0.6 is 0 Å². The average Bonchev–Trinajstić information content (AvgIpc) is 2.82. The van der Waals surface area contributed by atoms with Gasteiger partial charge in [0.2, 0.25) is 0 Å². The van der Waals surface area contributed by atoms with Crippen molar-refractivity contribution in [3.05, 3.63) is 116 Å². The fourth-order valence-electron chi connectivity index (χ4n) is 3.24. The summed E-state index contributed by atoms with van der Waals surface area (Å²) in [5.41, 5.74) is -2.04. The second-order valence-electron chi connectivity index (χ2n) is 7.17. The molecule has 11 heteroatoms. The van der Waals surface area contributed by atoms with Gasteiger partial charge in [-0.1, -0.05) is 12.1 Å². The number of aromatic amines is 1. The lowest BCUT2D eigenvalue weighted by atomic mass is 10.1. The SMILES string of the molecule is O=C(NCCn1cnc(-c2ccc(F)cc2)cc1=O)c1c[nH]c(=O)n(-c2ccccc2F)c1=O. The molecule has 0 aliphatic heterocycles. The lowest BCUT2D eigenvalue weighted by Crippen LogP contribution is -2.40. The molecule has 0 fully saturated rings. The molecule has 1 amide bonds. The maximum absolute atomic E-state index is 14.1. The molecule has 0 spiro atoms. The molecule has 0 unspecified atom stereocenters. The number of halogens is 2. The van der Waals surface area contributed by atoms with Gasteiger partial charge in [-0.05, 0) is 36.4 Å². The molecule has 0 atom stereocenters. The summed E-state index contributed by atoms with van der Waals surface area (Å²) in [6.45, 7) is 0.0146. The van der Waals surface area contributed by atoms with Crippen molar-refractivity contribution in [3.63, 3.8) is 0 Å². The smallest absolute Gasteiger partial charge is 0.333 e. The third-order valence-corrected chi connectivity index (χ3v) is 4.97. The number of nitrogens with zero attached hydrogens (tertiary/aromatic N) is 3. The minimum atomic E-state index is -0.992. The molecule has 0 radical (unpaired) electrons. The number of benzene rings is 2. The number of carbonyl (C=O) groups excluding carboxylic acids is 1. The second kappa shape index (κ2) is 9.45. The molecule has 0 bridgehead atoms. The highest BCUT2D eigenvalue weighted by atomic mass is 19.1. The summed E-state index contributed by atoms with van der Waals surface area (Å²) in [5.74, 6) is -2.02. The van der Waals surface area contributed by atoms with Crippen LogP contribution in [-0.2, 0) is 6.54 Å². The van der Waals surface area contributed by atoms with E-state index in [0.717, 1.165) is 12.3 Å². The van der Waals surface area contributed by atoms with Crippen molar-refractivity contribution < 1.29 is 13.6 Å². The lowest BCUT2D eigenvalue weighted by molar-refractivity contribution is 0.0949. The van der Waals surface area contributed by atoms with Crippen LogP contribution in [0.4, 0.5) is 8.78 Å². The first-order valence-corrected chi connectivity index (χ1v) is 10.1. The summed E-state index contributed by atoms with van der Waals surface area (Å²) in [5, 5.41) is 2.48. The summed E-state index contributed by atoms with van der Waals surface area (Å²) in [4.78, 5) is 56.1. The van der Waals surface area contributed by atoms with Crippen molar-refractivity contribution >= 4 is 5.91 Å². The van der Waals surface area contributed by atoms with E-state index >= 15 is 0 Å². The second-order valence-corrected chi connectivity index (χ2v) is 7.17. The Morgan fingerprint density at radius 3 is 2.47 bits per heavy atom. The highest BCUT2D eigenvalue weighted by molar-refractivity contribution is 5.93. The summed E-state index contributed by atoms with van der Waals surface area (Å²) >= 11 is 0. The Morgan fingerprint density at radius 2 is 1.76 bits per heavy atom. The van der Waals surface area contributed by atoms with Gasteiger partial charge in [-0.3, -0.25) is 19.0 Å². The third-order valence-electron chi connectivity index (χ3n) is 4.97. The molecule has 4 rings (SSSR count). The molecule has 172 valence electrons. The van der Waals surface area contributed by atoms with Gasteiger partial charge in [-0.2, -0.15) is 0 Å². The first kappa shape index (κ1) is 22.5. The zero-order valence-corrected chi connectivity index (χ0v) is 17.5. The zero-order chi connectivity index (χ0) is 24.2. The number of H-pyrrole nitrogens is 1. The van der Waals surface area contributed by atoms with Gasteiger partial charge < -0.3 is 10.3 Å². The van der Waals surface area contributed by atoms with Crippen molar-refractivity contribution in [3.8, 4) is 16.9 Å². The first-order valence-electron chi connectivity index (χ1n) is 10.1. The van der Waals surface area contributed by atoms with Crippen molar-refractivity contribution in [1.82, 2.24) is 24.4 Å². The molecule has 34 heavy (non-hydrogen) atoms. The van der Waals surface area contributed by atoms with Gasteiger partial charge in [-0.25, -0.2) is 23.1 Å². The number of aromatic nitrogens is 4. The van der Waals surface area contributed by atoms with E-state index in [1.807, 2.05) is 0 Å². The van der Waals surface area contributed by atoms with Crippen LogP contribution in [0, 0.1) is 11.6 Å². The molecule has 2 N–H and O–H groups in total. The van der Waals surface area contributed by atoms with Gasteiger partial charge in [0, 0.05) is 30.9 Å². The highest BCUT2D eigenvalue weighted by Crippen LogP contribution is 2.15. The standard InChI is InChI=1S/C23H17F2N5O4/c24-15-7-5-14(6-8-15)18-11-20(31)29(13-28-18)10-9-26-21(32)16-12-27-23(34)30(22(16)33)19-4-2-1-3-17(19)25/h1-8,11-13H,9-10H2,(H,26,32)(H,27,34). The van der Waals surface area contributed by atoms with Crippen molar-refractivity contribution in [2.24, 2.45) is 0 Å². The summed E-state index contributed by atoms with van der Waals surface area (Å²) in [7, 11) is 0. The molecule has 2 aromatic carbocycles. The predicted octanol–water partition coefficient (Wildman–Crippen LogP) is 1.46. The van der Waals surface area contributed by atoms with Crippen LogP contribution < -0.4 is 22.1 Å². The number of para-hydroxylation sites is 1. The molecule has 9 nitrogen and oxygen atoms in total. The Hall–Kier alpha value is -4.67. The van der Waals surface area contributed by atoms with E-state index in [1.54, 1.807) is 0 Å². The molecule has 0 saturated carbocycles. The van der Waals surface area contributed by atoms with Crippen LogP contribution in [0.15, 0.2) is 81.5 Å². The van der Waals surface area contributed by atoms with E-state index in [-0.39, 0.29) is 18.8 Å². The largest absolute Gasteiger partial charge is 0.350 e. The van der Waals surface area contributed by atoms with E-state index in [9.17, 15) is 28.0 Å². The molecule has 0 aliphatic rings. The van der Waals surface area contributed by atoms with E-state index in [4.69, 9.17) is 0 Å². The van der Waals surface area contributed by atoms with Gasteiger partial charge in [0.05, 0.1) is 17.7 Å². The summed E-state index contributed by atoms with van der Waals surface area (Å²) in [6.07, 6.45) is 2.24.